The summed E-state index contributed by atoms with van der Waals surface area (Å²) in [6.07, 6.45) is 7.93. The van der Waals surface area contributed by atoms with E-state index in [0.717, 1.165) is 12.8 Å². The van der Waals surface area contributed by atoms with Gasteiger partial charge in [0, 0.05) is 13.7 Å². The third kappa shape index (κ3) is 4.98. The van der Waals surface area contributed by atoms with Gasteiger partial charge in [0.05, 0.1) is 24.4 Å². The Morgan fingerprint density at radius 1 is 1.03 bits per heavy atom. The molecule has 39 heavy (non-hydrogen) atoms. The fraction of sp³-hybridized carbons (Fsp3) is 0.700. The van der Waals surface area contributed by atoms with E-state index in [9.17, 15) is 29.7 Å². The van der Waals surface area contributed by atoms with Crippen LogP contribution in [0.5, 0.6) is 0 Å². The van der Waals surface area contributed by atoms with Crippen LogP contribution >= 0.6 is 0 Å². The molecule has 2 bridgehead atoms. The quantitative estimate of drug-likeness (QED) is 0.335. The van der Waals surface area contributed by atoms with Crippen molar-refractivity contribution in [2.75, 3.05) is 13.7 Å². The van der Waals surface area contributed by atoms with Gasteiger partial charge in [-0.3, -0.25) is 14.4 Å². The molecule has 3 aliphatic carbocycles. The minimum atomic E-state index is -0.917. The van der Waals surface area contributed by atoms with Crippen LogP contribution in [0.2, 0.25) is 0 Å². The average Bonchev–Trinajstić information content (AvgIpc) is 3.53. The number of amides is 2. The zero-order valence-corrected chi connectivity index (χ0v) is 23.0. The van der Waals surface area contributed by atoms with Crippen molar-refractivity contribution in [3.8, 4) is 0 Å². The lowest BCUT2D eigenvalue weighted by molar-refractivity contribution is -0.139. The summed E-state index contributed by atoms with van der Waals surface area (Å²) in [5.74, 6) is -1.12. The van der Waals surface area contributed by atoms with Crippen molar-refractivity contribution in [3.63, 3.8) is 0 Å². The maximum absolute atomic E-state index is 12.9. The fourth-order valence-electron chi connectivity index (χ4n) is 8.74. The van der Waals surface area contributed by atoms with Crippen LogP contribution < -0.4 is 10.6 Å². The lowest BCUT2D eigenvalue weighted by atomic mass is 9.62. The van der Waals surface area contributed by atoms with Crippen molar-refractivity contribution in [2.24, 2.45) is 47.3 Å². The molecule has 9 heteroatoms. The summed E-state index contributed by atoms with van der Waals surface area (Å²) in [7, 11) is 1.69. The maximum Gasteiger partial charge on any atom is 0.259 e. The van der Waals surface area contributed by atoms with E-state index in [1.165, 1.54) is 12.2 Å². The third-order valence-electron chi connectivity index (χ3n) is 10.4. The lowest BCUT2D eigenvalue weighted by Gasteiger charge is -2.47. The van der Waals surface area contributed by atoms with Crippen molar-refractivity contribution in [1.29, 1.82) is 0 Å². The number of carbonyl (C=O) groups excluding carboxylic acids is 3. The molecule has 4 fully saturated rings. The van der Waals surface area contributed by atoms with Crippen LogP contribution in [0.1, 0.15) is 46.0 Å². The van der Waals surface area contributed by atoms with Crippen molar-refractivity contribution >= 4 is 17.6 Å². The van der Waals surface area contributed by atoms with E-state index in [2.05, 4.69) is 17.6 Å². The number of ketones is 1. The molecule has 3 saturated carbocycles. The number of hydrogen-bond acceptors (Lipinski definition) is 7. The molecule has 1 saturated heterocycles. The van der Waals surface area contributed by atoms with E-state index >= 15 is 0 Å². The Bertz CT molecular complexity index is 1080. The lowest BCUT2D eigenvalue weighted by Crippen LogP contribution is -2.53. The molecule has 0 aromatic carbocycles. The number of methoxy groups -OCH3 is 1. The number of aliphatic hydroxyl groups excluding tert-OH is 3. The summed E-state index contributed by atoms with van der Waals surface area (Å²) in [6.45, 7) is 4.59. The van der Waals surface area contributed by atoms with Crippen molar-refractivity contribution in [3.05, 3.63) is 35.6 Å². The largest absolute Gasteiger partial charge is 0.507 e. The zero-order chi connectivity index (χ0) is 28.0. The van der Waals surface area contributed by atoms with Crippen LogP contribution in [0.15, 0.2) is 35.6 Å². The van der Waals surface area contributed by atoms with Gasteiger partial charge in [-0.2, -0.15) is 0 Å². The van der Waals surface area contributed by atoms with E-state index in [1.807, 2.05) is 19.1 Å². The first-order chi connectivity index (χ1) is 18.6. The molecule has 0 radical (unpaired) electrons. The summed E-state index contributed by atoms with van der Waals surface area (Å²) in [5, 5.41) is 39.2. The van der Waals surface area contributed by atoms with Gasteiger partial charge in [0.25, 0.3) is 5.91 Å². The van der Waals surface area contributed by atoms with Gasteiger partial charge in [0.15, 0.2) is 5.78 Å². The minimum absolute atomic E-state index is 0.0344. The first-order valence-electron chi connectivity index (χ1n) is 14.4. The van der Waals surface area contributed by atoms with Crippen molar-refractivity contribution < 1.29 is 34.4 Å². The van der Waals surface area contributed by atoms with Crippen molar-refractivity contribution in [2.45, 2.75) is 70.3 Å². The molecule has 0 aromatic rings. The highest BCUT2D eigenvalue weighted by Crippen LogP contribution is 2.61. The predicted octanol–water partition coefficient (Wildman–Crippen LogP) is 1.81. The van der Waals surface area contributed by atoms with Crippen LogP contribution in [0, 0.1) is 47.3 Å². The number of aliphatic hydroxyl groups is 3. The second kappa shape index (κ2) is 11.2. The highest BCUT2D eigenvalue weighted by molar-refractivity contribution is 6.27. The van der Waals surface area contributed by atoms with Crippen LogP contribution in [-0.2, 0) is 19.1 Å². The van der Waals surface area contributed by atoms with E-state index < -0.39 is 29.9 Å². The Morgan fingerprint density at radius 3 is 2.49 bits per heavy atom. The smallest absolute Gasteiger partial charge is 0.259 e. The second-order valence-electron chi connectivity index (χ2n) is 12.3. The maximum atomic E-state index is 12.9. The Labute approximate surface area is 229 Å². The van der Waals surface area contributed by atoms with Gasteiger partial charge in [0.2, 0.25) is 5.91 Å². The minimum Gasteiger partial charge on any atom is -0.507 e. The molecule has 2 amide bonds. The molecular formula is C30H42N2O7. The van der Waals surface area contributed by atoms with Crippen LogP contribution in [0.3, 0.4) is 0 Å². The van der Waals surface area contributed by atoms with Gasteiger partial charge >= 0.3 is 0 Å². The summed E-state index contributed by atoms with van der Waals surface area (Å²) >= 11 is 0. The summed E-state index contributed by atoms with van der Waals surface area (Å²) in [5.41, 5.74) is -0.226. The number of carbonyl (C=O) groups is 3. The van der Waals surface area contributed by atoms with Gasteiger partial charge in [-0.25, -0.2) is 0 Å². The van der Waals surface area contributed by atoms with Gasteiger partial charge in [-0.1, -0.05) is 19.1 Å². The normalized spacial score (nSPS) is 45.2. The Kier molecular flexibility index (Phi) is 8.04. The summed E-state index contributed by atoms with van der Waals surface area (Å²) in [6, 6.07) is -0.717. The average molecular weight is 543 g/mol. The SMILES string of the molecule is CO[C@H](C)[C@H]1[C@@H]2[C@H](O)[C@@H](O)[C@H]3[C@H](C[C@H]4/C=C/C(O)=C5C(=O)N[C@@H](CCCNC(=O)/C=C\C[C@H]34)C5=O)[C@H]2C[C@H]1C. The molecule has 214 valence electrons. The standard InChI is InChI=1S/C30H42N2O7/c1-14-12-18-19-13-16-9-10-21(33)26-27(35)20(32-30(26)38)7-5-11-31-22(34)8-4-6-17(16)24(19)28(36)29(37)25(18)23(14)15(2)39-3/h4,8-10,14-20,23-25,28-29,33,36-37H,5-7,11-13H2,1-3H3,(H,31,34)(H,32,38)/b8-4-,10-9+,26-21?/t14-,15-,16-,17+,18-,19-,20+,23+,24-,25-,28+,29+/m1/s1. The fourth-order valence-corrected chi connectivity index (χ4v) is 8.74. The molecular weight excluding hydrogens is 500 g/mol. The summed E-state index contributed by atoms with van der Waals surface area (Å²) < 4.78 is 5.69. The Hall–Kier alpha value is -2.49. The highest BCUT2D eigenvalue weighted by Gasteiger charge is 2.61. The molecule has 0 unspecified atom stereocenters. The Balaban J connectivity index is 1.49. The monoisotopic (exact) mass is 542 g/mol. The molecule has 9 nitrogen and oxygen atoms in total. The number of allylic oxidation sites excluding steroid dienone is 3. The van der Waals surface area contributed by atoms with Crippen LogP contribution in [0.4, 0.5) is 0 Å². The predicted molar refractivity (Wildman–Crippen MR) is 143 cm³/mol. The first kappa shape index (κ1) is 28.1. The summed E-state index contributed by atoms with van der Waals surface area (Å²) in [4.78, 5) is 37.8. The second-order valence-corrected chi connectivity index (χ2v) is 12.3. The highest BCUT2D eigenvalue weighted by atomic mass is 16.5. The van der Waals surface area contributed by atoms with E-state index in [0.29, 0.717) is 31.7 Å². The molecule has 5 aliphatic rings. The molecule has 5 rings (SSSR count). The number of ether oxygens (including phenoxy) is 1. The van der Waals surface area contributed by atoms with Gasteiger partial charge in [0.1, 0.15) is 11.3 Å². The van der Waals surface area contributed by atoms with Crippen LogP contribution in [-0.4, -0.2) is 70.9 Å². The zero-order valence-electron chi connectivity index (χ0n) is 23.0. The third-order valence-corrected chi connectivity index (χ3v) is 10.4. The van der Waals surface area contributed by atoms with E-state index in [1.54, 1.807) is 7.11 Å². The topological polar surface area (TPSA) is 145 Å². The van der Waals surface area contributed by atoms with E-state index in [-0.39, 0.29) is 64.8 Å². The number of fused-ring (bicyclic) bond motifs is 7. The first-order valence-corrected chi connectivity index (χ1v) is 14.4. The number of rotatable bonds is 2. The molecule has 5 N–H and O–H groups in total. The van der Waals surface area contributed by atoms with Gasteiger partial charge in [-0.05, 0) is 98.5 Å². The molecule has 0 spiro atoms. The molecule has 2 aliphatic heterocycles. The van der Waals surface area contributed by atoms with Crippen molar-refractivity contribution in [1.82, 2.24) is 10.6 Å². The Morgan fingerprint density at radius 2 is 1.74 bits per heavy atom. The van der Waals surface area contributed by atoms with Gasteiger partial charge < -0.3 is 30.7 Å². The molecule has 2 heterocycles. The van der Waals surface area contributed by atoms with Crippen LogP contribution in [0.25, 0.3) is 0 Å². The van der Waals surface area contributed by atoms with Gasteiger partial charge in [-0.15, -0.1) is 0 Å². The number of nitrogens with one attached hydrogen (secondary N) is 2. The molecule has 0 aromatic heterocycles. The number of Topliss-reactive ketones (excluding diaryl/α,β-unsaturated/α-hetero) is 1. The van der Waals surface area contributed by atoms with E-state index in [4.69, 9.17) is 4.74 Å². The number of hydrogen-bond donors (Lipinski definition) is 5. The molecule has 12 atom stereocenters.